The second kappa shape index (κ2) is 9.97. The van der Waals surface area contributed by atoms with Crippen LogP contribution in [0.3, 0.4) is 0 Å². The summed E-state index contributed by atoms with van der Waals surface area (Å²) in [5, 5.41) is 12.4. The lowest BCUT2D eigenvalue weighted by Crippen LogP contribution is -2.43. The van der Waals surface area contributed by atoms with Crippen molar-refractivity contribution in [2.75, 3.05) is 5.32 Å². The van der Waals surface area contributed by atoms with E-state index in [4.69, 9.17) is 23.2 Å². The number of guanidine groups is 1. The van der Waals surface area contributed by atoms with E-state index in [1.54, 1.807) is 29.4 Å². The molecule has 1 aliphatic heterocycles. The predicted octanol–water partition coefficient (Wildman–Crippen LogP) is 5.64. The molecule has 2 aromatic carbocycles. The van der Waals surface area contributed by atoms with Gasteiger partial charge in [-0.2, -0.15) is 10.1 Å². The van der Waals surface area contributed by atoms with Crippen molar-refractivity contribution in [3.05, 3.63) is 81.6 Å². The average Bonchev–Trinajstić information content (AvgIpc) is 3.26. The predicted molar refractivity (Wildman–Crippen MR) is 131 cm³/mol. The van der Waals surface area contributed by atoms with Gasteiger partial charge >= 0.3 is 6.03 Å². The van der Waals surface area contributed by atoms with Crippen molar-refractivity contribution in [3.63, 3.8) is 0 Å². The van der Waals surface area contributed by atoms with Crippen molar-refractivity contribution >= 4 is 53.0 Å². The molecule has 0 saturated heterocycles. The van der Waals surface area contributed by atoms with Crippen molar-refractivity contribution in [3.8, 4) is 0 Å². The van der Waals surface area contributed by atoms with Crippen LogP contribution in [0, 0.1) is 13.8 Å². The van der Waals surface area contributed by atoms with Crippen LogP contribution in [0.2, 0.25) is 10.0 Å². The van der Waals surface area contributed by atoms with Gasteiger partial charge in [0.05, 0.1) is 16.1 Å². The fraction of sp³-hybridized carbons (Fsp3) is 0.174. The molecule has 0 spiro atoms. The Morgan fingerprint density at radius 2 is 1.76 bits per heavy atom. The molecule has 4 rings (SSSR count). The Morgan fingerprint density at radius 3 is 2.45 bits per heavy atom. The van der Waals surface area contributed by atoms with Crippen LogP contribution < -0.4 is 10.6 Å². The van der Waals surface area contributed by atoms with Crippen LogP contribution >= 0.6 is 23.2 Å². The molecule has 10 heteroatoms. The molecule has 2 N–H and O–H groups in total. The quantitative estimate of drug-likeness (QED) is 0.373. The molecule has 168 valence electrons. The highest BCUT2D eigenvalue weighted by molar-refractivity contribution is 6.42. The first-order valence-corrected chi connectivity index (χ1v) is 11.0. The molecule has 1 atom stereocenters. The standard InChI is InChI=1S/C23H21Cl2N7O/c1-14-12-15(2)28-21(27-14)30-22(31-23(33)29-17-8-9-18(24)19(25)13-17)32-20(10-11-26-32)16-6-4-3-5-7-16/h3-9,11-13,20H,10H2,1-2H3,(H2,27,28,29,30,31,33). The summed E-state index contributed by atoms with van der Waals surface area (Å²) in [5.41, 5.74) is 3.06. The van der Waals surface area contributed by atoms with E-state index in [-0.39, 0.29) is 17.9 Å². The van der Waals surface area contributed by atoms with Crippen LogP contribution in [0.5, 0.6) is 0 Å². The van der Waals surface area contributed by atoms with Gasteiger partial charge in [-0.3, -0.25) is 5.32 Å². The molecule has 1 aliphatic rings. The summed E-state index contributed by atoms with van der Waals surface area (Å²) >= 11 is 12.0. The monoisotopic (exact) mass is 481 g/mol. The number of aromatic nitrogens is 2. The molecular weight excluding hydrogens is 461 g/mol. The number of carbonyl (C=O) groups is 1. The van der Waals surface area contributed by atoms with Crippen LogP contribution in [0.4, 0.5) is 16.4 Å². The van der Waals surface area contributed by atoms with Gasteiger partial charge in [0.25, 0.3) is 5.95 Å². The molecule has 0 saturated carbocycles. The van der Waals surface area contributed by atoms with Gasteiger partial charge in [-0.1, -0.05) is 53.5 Å². The Morgan fingerprint density at radius 1 is 1.03 bits per heavy atom. The summed E-state index contributed by atoms with van der Waals surface area (Å²) in [6.45, 7) is 3.72. The van der Waals surface area contributed by atoms with E-state index in [9.17, 15) is 4.79 Å². The zero-order valence-electron chi connectivity index (χ0n) is 18.0. The number of halogens is 2. The van der Waals surface area contributed by atoms with E-state index in [0.29, 0.717) is 22.2 Å². The third kappa shape index (κ3) is 5.66. The summed E-state index contributed by atoms with van der Waals surface area (Å²) in [7, 11) is 0. The van der Waals surface area contributed by atoms with Gasteiger partial charge in [-0.05, 0) is 43.7 Å². The first-order valence-electron chi connectivity index (χ1n) is 10.2. The Hall–Kier alpha value is -3.49. The smallest absolute Gasteiger partial charge is 0.308 e. The van der Waals surface area contributed by atoms with Gasteiger partial charge in [0.15, 0.2) is 0 Å². The van der Waals surface area contributed by atoms with Gasteiger partial charge in [0.1, 0.15) is 0 Å². The zero-order chi connectivity index (χ0) is 23.4. The van der Waals surface area contributed by atoms with Crippen molar-refractivity contribution in [2.45, 2.75) is 26.3 Å². The number of aliphatic imine (C=N–C) groups is 1. The van der Waals surface area contributed by atoms with Gasteiger partial charge in [0, 0.05) is 29.7 Å². The largest absolute Gasteiger partial charge is 0.326 e. The third-order valence-corrected chi connectivity index (χ3v) is 5.55. The van der Waals surface area contributed by atoms with Crippen LogP contribution in [-0.4, -0.2) is 33.2 Å². The SMILES string of the molecule is Cc1cc(C)nc(/N=C(\NC(=O)Nc2ccc(Cl)c(Cl)c2)N2N=CCC2c2ccccc2)n1. The van der Waals surface area contributed by atoms with Gasteiger partial charge in [0.2, 0.25) is 5.96 Å². The highest BCUT2D eigenvalue weighted by Crippen LogP contribution is 2.29. The first kappa shape index (κ1) is 22.7. The summed E-state index contributed by atoms with van der Waals surface area (Å²) in [6, 6.07) is 15.9. The van der Waals surface area contributed by atoms with Crippen molar-refractivity contribution < 1.29 is 4.79 Å². The maximum atomic E-state index is 12.8. The Kier molecular flexibility index (Phi) is 6.86. The highest BCUT2D eigenvalue weighted by Gasteiger charge is 2.28. The number of hydrogen-bond donors (Lipinski definition) is 2. The molecule has 8 nitrogen and oxygen atoms in total. The Labute approximate surface area is 201 Å². The molecule has 0 aliphatic carbocycles. The lowest BCUT2D eigenvalue weighted by Gasteiger charge is -2.25. The molecule has 3 aromatic rings. The second-order valence-corrected chi connectivity index (χ2v) is 8.21. The number of rotatable bonds is 3. The molecule has 1 aromatic heterocycles. The normalized spacial score (nSPS) is 15.6. The highest BCUT2D eigenvalue weighted by atomic mass is 35.5. The fourth-order valence-corrected chi connectivity index (χ4v) is 3.69. The van der Waals surface area contributed by atoms with Crippen LogP contribution in [0.1, 0.15) is 29.4 Å². The van der Waals surface area contributed by atoms with Crippen LogP contribution in [0.15, 0.2) is 64.7 Å². The summed E-state index contributed by atoms with van der Waals surface area (Å²) in [5.74, 6) is 0.423. The number of benzene rings is 2. The summed E-state index contributed by atoms with van der Waals surface area (Å²) in [6.07, 6.45) is 2.45. The Bertz CT molecular complexity index is 1210. The van der Waals surface area contributed by atoms with E-state index in [2.05, 4.69) is 30.7 Å². The number of amides is 2. The fourth-order valence-electron chi connectivity index (χ4n) is 3.40. The molecule has 1 unspecified atom stereocenters. The van der Waals surface area contributed by atoms with Gasteiger partial charge in [-0.25, -0.2) is 19.8 Å². The molecule has 33 heavy (non-hydrogen) atoms. The molecule has 0 fully saturated rings. The number of nitrogens with zero attached hydrogens (tertiary/aromatic N) is 5. The minimum absolute atomic E-state index is 0.138. The zero-order valence-corrected chi connectivity index (χ0v) is 19.5. The molecule has 0 radical (unpaired) electrons. The third-order valence-electron chi connectivity index (χ3n) is 4.81. The van der Waals surface area contributed by atoms with E-state index in [1.165, 1.54) is 0 Å². The van der Waals surface area contributed by atoms with E-state index < -0.39 is 6.03 Å². The van der Waals surface area contributed by atoms with E-state index in [0.717, 1.165) is 17.0 Å². The topological polar surface area (TPSA) is 94.9 Å². The number of carbonyl (C=O) groups excluding carboxylic acids is 1. The minimum atomic E-state index is -0.523. The lowest BCUT2D eigenvalue weighted by atomic mass is 10.1. The van der Waals surface area contributed by atoms with Crippen LogP contribution in [-0.2, 0) is 0 Å². The number of anilines is 1. The Balaban J connectivity index is 1.65. The second-order valence-electron chi connectivity index (χ2n) is 7.40. The maximum absolute atomic E-state index is 12.8. The van der Waals surface area contributed by atoms with Crippen molar-refractivity contribution in [1.82, 2.24) is 20.3 Å². The number of hydrogen-bond acceptors (Lipinski definition) is 5. The number of nitrogens with one attached hydrogen (secondary N) is 2. The number of aryl methyl sites for hydroxylation is 2. The maximum Gasteiger partial charge on any atom is 0.326 e. The number of hydrazone groups is 1. The average molecular weight is 482 g/mol. The molecule has 2 heterocycles. The van der Waals surface area contributed by atoms with Crippen LogP contribution in [0.25, 0.3) is 0 Å². The van der Waals surface area contributed by atoms with E-state index >= 15 is 0 Å². The van der Waals surface area contributed by atoms with E-state index in [1.807, 2.05) is 50.2 Å². The van der Waals surface area contributed by atoms with Gasteiger partial charge in [-0.15, -0.1) is 0 Å². The molecule has 0 bridgehead atoms. The lowest BCUT2D eigenvalue weighted by molar-refractivity contribution is 0.253. The number of urea groups is 1. The molecular formula is C23H21Cl2N7O. The summed E-state index contributed by atoms with van der Waals surface area (Å²) in [4.78, 5) is 26.1. The van der Waals surface area contributed by atoms with Crippen molar-refractivity contribution in [2.24, 2.45) is 10.1 Å². The molecule has 2 amide bonds. The minimum Gasteiger partial charge on any atom is -0.308 e. The van der Waals surface area contributed by atoms with Gasteiger partial charge < -0.3 is 5.32 Å². The van der Waals surface area contributed by atoms with Crippen molar-refractivity contribution in [1.29, 1.82) is 0 Å². The first-order chi connectivity index (χ1) is 15.9. The summed E-state index contributed by atoms with van der Waals surface area (Å²) < 4.78 is 0.